The Balaban J connectivity index is 2.02. The summed E-state index contributed by atoms with van der Waals surface area (Å²) in [5.41, 5.74) is -1.15. The van der Waals surface area contributed by atoms with Gasteiger partial charge in [0.05, 0.1) is 17.8 Å². The molecule has 0 spiro atoms. The fraction of sp³-hybridized carbons (Fsp3) is 0.154. The Kier molecular flexibility index (Phi) is 4.89. The smallest absolute Gasteiger partial charge is 0.333 e. The SMILES string of the molecule is O=C(NCc1sccc1Br)Nc1ccccc1C(F)(F)F. The van der Waals surface area contributed by atoms with Gasteiger partial charge in [-0.2, -0.15) is 13.2 Å². The third-order valence-electron chi connectivity index (χ3n) is 2.58. The van der Waals surface area contributed by atoms with Crippen LogP contribution in [-0.2, 0) is 12.7 Å². The predicted octanol–water partition coefficient (Wildman–Crippen LogP) is 4.85. The molecule has 2 aromatic rings. The fourth-order valence-corrected chi connectivity index (χ4v) is 3.05. The topological polar surface area (TPSA) is 41.1 Å². The van der Waals surface area contributed by atoms with E-state index in [1.54, 1.807) is 0 Å². The van der Waals surface area contributed by atoms with Crippen LogP contribution in [0.15, 0.2) is 40.2 Å². The van der Waals surface area contributed by atoms with Gasteiger partial charge in [0.2, 0.25) is 0 Å². The minimum atomic E-state index is -4.51. The van der Waals surface area contributed by atoms with Gasteiger partial charge in [0.15, 0.2) is 0 Å². The first-order valence-electron chi connectivity index (χ1n) is 5.81. The molecule has 8 heteroatoms. The number of benzene rings is 1. The fourth-order valence-electron chi connectivity index (χ4n) is 1.62. The maximum absolute atomic E-state index is 12.8. The Labute approximate surface area is 131 Å². The van der Waals surface area contributed by atoms with E-state index in [4.69, 9.17) is 0 Å². The number of amides is 2. The lowest BCUT2D eigenvalue weighted by molar-refractivity contribution is -0.136. The van der Waals surface area contributed by atoms with Crippen LogP contribution >= 0.6 is 27.3 Å². The third-order valence-corrected chi connectivity index (χ3v) is 4.51. The number of hydrogen-bond donors (Lipinski definition) is 2. The first-order chi connectivity index (χ1) is 9.88. The minimum absolute atomic E-state index is 0.234. The molecule has 1 aromatic heterocycles. The van der Waals surface area contributed by atoms with Crippen LogP contribution in [0.4, 0.5) is 23.7 Å². The van der Waals surface area contributed by atoms with Crippen LogP contribution in [0.5, 0.6) is 0 Å². The Bertz CT molecular complexity index is 642. The summed E-state index contributed by atoms with van der Waals surface area (Å²) < 4.78 is 39.2. The number of anilines is 1. The molecule has 0 radical (unpaired) electrons. The number of nitrogens with one attached hydrogen (secondary N) is 2. The highest BCUT2D eigenvalue weighted by atomic mass is 79.9. The van der Waals surface area contributed by atoms with Gasteiger partial charge in [0.25, 0.3) is 0 Å². The van der Waals surface area contributed by atoms with E-state index in [0.29, 0.717) is 0 Å². The molecule has 0 saturated heterocycles. The number of hydrogen-bond acceptors (Lipinski definition) is 2. The van der Waals surface area contributed by atoms with Gasteiger partial charge in [0, 0.05) is 9.35 Å². The van der Waals surface area contributed by atoms with Crippen molar-refractivity contribution >= 4 is 39.0 Å². The van der Waals surface area contributed by atoms with Crippen molar-refractivity contribution in [3.8, 4) is 0 Å². The molecule has 2 N–H and O–H groups in total. The summed E-state index contributed by atoms with van der Waals surface area (Å²) in [7, 11) is 0. The molecule has 0 unspecified atom stereocenters. The first-order valence-corrected chi connectivity index (χ1v) is 7.48. The monoisotopic (exact) mass is 378 g/mol. The molecular formula is C13H10BrF3N2OS. The molecule has 0 atom stereocenters. The number of halogens is 4. The molecule has 0 aliphatic carbocycles. The van der Waals surface area contributed by atoms with Gasteiger partial charge in [0.1, 0.15) is 0 Å². The van der Waals surface area contributed by atoms with E-state index < -0.39 is 17.8 Å². The van der Waals surface area contributed by atoms with Gasteiger partial charge >= 0.3 is 12.2 Å². The van der Waals surface area contributed by atoms with E-state index in [0.717, 1.165) is 15.4 Å². The van der Waals surface area contributed by atoms with Crippen LogP contribution in [0, 0.1) is 0 Å². The van der Waals surface area contributed by atoms with Crippen molar-refractivity contribution in [2.45, 2.75) is 12.7 Å². The van der Waals surface area contributed by atoms with E-state index in [9.17, 15) is 18.0 Å². The molecule has 2 rings (SSSR count). The zero-order valence-electron chi connectivity index (χ0n) is 10.5. The molecule has 21 heavy (non-hydrogen) atoms. The van der Waals surface area contributed by atoms with E-state index in [1.807, 2.05) is 11.4 Å². The van der Waals surface area contributed by atoms with Gasteiger partial charge in [-0.15, -0.1) is 11.3 Å². The predicted molar refractivity (Wildman–Crippen MR) is 79.3 cm³/mol. The van der Waals surface area contributed by atoms with E-state index >= 15 is 0 Å². The van der Waals surface area contributed by atoms with Crippen LogP contribution in [0.3, 0.4) is 0 Å². The second kappa shape index (κ2) is 6.48. The number of carbonyl (C=O) groups is 1. The summed E-state index contributed by atoms with van der Waals surface area (Å²) in [6, 6.07) is 5.98. The van der Waals surface area contributed by atoms with Crippen LogP contribution < -0.4 is 10.6 Å². The van der Waals surface area contributed by atoms with Crippen molar-refractivity contribution in [2.75, 3.05) is 5.32 Å². The molecule has 3 nitrogen and oxygen atoms in total. The number of alkyl halides is 3. The zero-order valence-corrected chi connectivity index (χ0v) is 12.9. The molecule has 0 fully saturated rings. The molecule has 112 valence electrons. The second-order valence-electron chi connectivity index (χ2n) is 4.04. The Morgan fingerprint density at radius 3 is 2.57 bits per heavy atom. The van der Waals surface area contributed by atoms with E-state index in [2.05, 4.69) is 26.6 Å². The van der Waals surface area contributed by atoms with Gasteiger partial charge in [-0.05, 0) is 39.5 Å². The van der Waals surface area contributed by atoms with Crippen molar-refractivity contribution < 1.29 is 18.0 Å². The van der Waals surface area contributed by atoms with Crippen LogP contribution in [0.25, 0.3) is 0 Å². The number of thiophene rings is 1. The Morgan fingerprint density at radius 1 is 1.24 bits per heavy atom. The van der Waals surface area contributed by atoms with Crippen LogP contribution in [0.2, 0.25) is 0 Å². The van der Waals surface area contributed by atoms with Crippen molar-refractivity contribution in [1.29, 1.82) is 0 Å². The summed E-state index contributed by atoms with van der Waals surface area (Å²) in [5, 5.41) is 6.58. The second-order valence-corrected chi connectivity index (χ2v) is 5.90. The van der Waals surface area contributed by atoms with Gasteiger partial charge in [-0.3, -0.25) is 0 Å². The van der Waals surface area contributed by atoms with Crippen LogP contribution in [0.1, 0.15) is 10.4 Å². The zero-order chi connectivity index (χ0) is 15.5. The maximum Gasteiger partial charge on any atom is 0.418 e. The van der Waals surface area contributed by atoms with Crippen molar-refractivity contribution in [3.05, 3.63) is 50.6 Å². The maximum atomic E-state index is 12.8. The quantitative estimate of drug-likeness (QED) is 0.787. The number of rotatable bonds is 3. The largest absolute Gasteiger partial charge is 0.418 e. The van der Waals surface area contributed by atoms with Crippen molar-refractivity contribution in [1.82, 2.24) is 5.32 Å². The number of carbonyl (C=O) groups excluding carboxylic acids is 1. The van der Waals surface area contributed by atoms with Gasteiger partial charge < -0.3 is 10.6 Å². The molecule has 2 amide bonds. The number of urea groups is 1. The highest BCUT2D eigenvalue weighted by Gasteiger charge is 2.33. The third kappa shape index (κ3) is 4.21. The highest BCUT2D eigenvalue weighted by molar-refractivity contribution is 9.10. The summed E-state index contributed by atoms with van der Waals surface area (Å²) >= 11 is 4.75. The lowest BCUT2D eigenvalue weighted by atomic mass is 10.1. The number of para-hydroxylation sites is 1. The van der Waals surface area contributed by atoms with E-state index in [1.165, 1.54) is 29.5 Å². The molecule has 0 aliphatic heterocycles. The lowest BCUT2D eigenvalue weighted by Gasteiger charge is -2.13. The van der Waals surface area contributed by atoms with Gasteiger partial charge in [-0.1, -0.05) is 12.1 Å². The lowest BCUT2D eigenvalue weighted by Crippen LogP contribution is -2.29. The van der Waals surface area contributed by atoms with E-state index in [-0.39, 0.29) is 12.2 Å². The standard InChI is InChI=1S/C13H10BrF3N2OS/c14-9-5-6-21-11(9)7-18-12(20)19-10-4-2-1-3-8(10)13(15,16)17/h1-6H,7H2,(H2,18,19,20). The highest BCUT2D eigenvalue weighted by Crippen LogP contribution is 2.34. The Hall–Kier alpha value is -1.54. The average molecular weight is 379 g/mol. The van der Waals surface area contributed by atoms with Gasteiger partial charge in [-0.25, -0.2) is 4.79 Å². The average Bonchev–Trinajstić information content (AvgIpc) is 2.81. The normalized spacial score (nSPS) is 11.2. The molecule has 1 aromatic carbocycles. The Morgan fingerprint density at radius 2 is 1.95 bits per heavy atom. The summed E-state index contributed by atoms with van der Waals surface area (Å²) in [6.45, 7) is 0.234. The first kappa shape index (κ1) is 15.8. The summed E-state index contributed by atoms with van der Waals surface area (Å²) in [5.74, 6) is 0. The molecule has 0 aliphatic rings. The van der Waals surface area contributed by atoms with Crippen LogP contribution in [-0.4, -0.2) is 6.03 Å². The molecule has 0 bridgehead atoms. The summed E-state index contributed by atoms with van der Waals surface area (Å²) in [6.07, 6.45) is -4.51. The molecular weight excluding hydrogens is 369 g/mol. The van der Waals surface area contributed by atoms with Crippen molar-refractivity contribution in [3.63, 3.8) is 0 Å². The summed E-state index contributed by atoms with van der Waals surface area (Å²) in [4.78, 5) is 12.6. The molecule has 0 saturated carbocycles. The van der Waals surface area contributed by atoms with Crippen molar-refractivity contribution in [2.24, 2.45) is 0 Å². The molecule has 1 heterocycles. The minimum Gasteiger partial charge on any atom is -0.333 e.